The molecule has 2 aromatic carbocycles. The first-order valence-corrected chi connectivity index (χ1v) is 8.83. The molecular formula is C18H15ClN4O5S. The first-order chi connectivity index (χ1) is 13.8. The number of hydrogen-bond acceptors (Lipinski definition) is 6. The number of thiocarbonyl (C=S) groups is 1. The van der Waals surface area contributed by atoms with Crippen molar-refractivity contribution in [3.8, 4) is 5.75 Å². The van der Waals surface area contributed by atoms with Crippen LogP contribution in [0.15, 0.2) is 54.6 Å². The number of nitrogens with one attached hydrogen (secondary N) is 3. The van der Waals surface area contributed by atoms with E-state index >= 15 is 0 Å². The average molecular weight is 435 g/mol. The van der Waals surface area contributed by atoms with Crippen molar-refractivity contribution in [1.29, 1.82) is 0 Å². The molecule has 0 radical (unpaired) electrons. The molecule has 11 heteroatoms. The van der Waals surface area contributed by atoms with Crippen LogP contribution in [0.25, 0.3) is 6.08 Å². The lowest BCUT2D eigenvalue weighted by Crippen LogP contribution is -2.49. The van der Waals surface area contributed by atoms with Crippen LogP contribution in [-0.2, 0) is 9.59 Å². The van der Waals surface area contributed by atoms with Gasteiger partial charge in [-0.3, -0.25) is 35.9 Å². The zero-order chi connectivity index (χ0) is 21.2. The molecule has 0 saturated carbocycles. The molecule has 0 unspecified atom stereocenters. The fraction of sp³-hybridized carbons (Fsp3) is 0.0556. The van der Waals surface area contributed by atoms with Crippen LogP contribution in [0, 0.1) is 10.1 Å². The van der Waals surface area contributed by atoms with E-state index in [1.54, 1.807) is 24.3 Å². The Labute approximate surface area is 175 Å². The molecule has 0 atom stereocenters. The minimum Gasteiger partial charge on any atom is -0.484 e. The summed E-state index contributed by atoms with van der Waals surface area (Å²) in [7, 11) is 0. The third kappa shape index (κ3) is 7.56. The zero-order valence-corrected chi connectivity index (χ0v) is 16.3. The van der Waals surface area contributed by atoms with Gasteiger partial charge in [0.05, 0.1) is 4.92 Å². The number of nitrogens with zero attached hydrogens (tertiary/aromatic N) is 1. The van der Waals surface area contributed by atoms with Crippen molar-refractivity contribution in [3.05, 3.63) is 75.3 Å². The molecule has 29 heavy (non-hydrogen) atoms. The smallest absolute Gasteiger partial charge is 0.276 e. The molecule has 0 spiro atoms. The van der Waals surface area contributed by atoms with Gasteiger partial charge in [0.15, 0.2) is 11.7 Å². The van der Waals surface area contributed by atoms with Gasteiger partial charge in [-0.2, -0.15) is 0 Å². The standard InChI is InChI=1S/C18H15ClN4O5S/c19-15-4-2-1-3-12(15)5-10-16(24)20-18(29)22-21-17(25)11-28-14-8-6-13(7-9-14)23(26)27/h1-10H,11H2,(H,21,25)(H2,20,22,24,29). The molecule has 3 N–H and O–H groups in total. The molecule has 9 nitrogen and oxygen atoms in total. The van der Waals surface area contributed by atoms with Gasteiger partial charge in [0.1, 0.15) is 5.75 Å². The van der Waals surface area contributed by atoms with E-state index in [2.05, 4.69) is 16.2 Å². The van der Waals surface area contributed by atoms with Crippen molar-refractivity contribution in [2.45, 2.75) is 0 Å². The minimum atomic E-state index is -0.577. The van der Waals surface area contributed by atoms with E-state index in [1.807, 2.05) is 0 Å². The molecule has 0 heterocycles. The van der Waals surface area contributed by atoms with Crippen LogP contribution in [0.5, 0.6) is 5.75 Å². The maximum atomic E-state index is 11.8. The molecule has 0 bridgehead atoms. The number of benzene rings is 2. The fourth-order valence-corrected chi connectivity index (χ4v) is 2.29. The van der Waals surface area contributed by atoms with Gasteiger partial charge in [-0.1, -0.05) is 29.8 Å². The fourth-order valence-electron chi connectivity index (χ4n) is 1.94. The van der Waals surface area contributed by atoms with Gasteiger partial charge in [0.2, 0.25) is 5.91 Å². The third-order valence-electron chi connectivity index (χ3n) is 3.29. The summed E-state index contributed by atoms with van der Waals surface area (Å²) in [5.41, 5.74) is 5.18. The van der Waals surface area contributed by atoms with Crippen molar-refractivity contribution in [2.75, 3.05) is 6.61 Å². The van der Waals surface area contributed by atoms with E-state index in [1.165, 1.54) is 36.4 Å². The maximum Gasteiger partial charge on any atom is 0.276 e. The van der Waals surface area contributed by atoms with Crippen LogP contribution in [0.3, 0.4) is 0 Å². The highest BCUT2D eigenvalue weighted by molar-refractivity contribution is 7.80. The SMILES string of the molecule is O=C(C=Cc1ccccc1Cl)NC(=S)NNC(=O)COc1ccc([N+](=O)[O-])cc1. The summed E-state index contributed by atoms with van der Waals surface area (Å²) in [6.07, 6.45) is 2.77. The van der Waals surface area contributed by atoms with Crippen LogP contribution in [0.1, 0.15) is 5.56 Å². The molecule has 0 aliphatic carbocycles. The summed E-state index contributed by atoms with van der Waals surface area (Å²) >= 11 is 10.9. The van der Waals surface area contributed by atoms with Gasteiger partial charge >= 0.3 is 0 Å². The van der Waals surface area contributed by atoms with Gasteiger partial charge in [0, 0.05) is 23.2 Å². The number of nitro benzene ring substituents is 1. The molecule has 2 rings (SSSR count). The first kappa shape index (κ1) is 21.8. The number of rotatable bonds is 6. The number of ether oxygens (including phenoxy) is 1. The van der Waals surface area contributed by atoms with E-state index in [0.29, 0.717) is 10.6 Å². The van der Waals surface area contributed by atoms with Crippen molar-refractivity contribution >= 4 is 52.5 Å². The van der Waals surface area contributed by atoms with Crippen LogP contribution >= 0.6 is 23.8 Å². The lowest BCUT2D eigenvalue weighted by molar-refractivity contribution is -0.384. The Morgan fingerprint density at radius 3 is 2.48 bits per heavy atom. The molecule has 150 valence electrons. The van der Waals surface area contributed by atoms with E-state index < -0.39 is 16.7 Å². The van der Waals surface area contributed by atoms with Crippen LogP contribution < -0.4 is 20.9 Å². The summed E-state index contributed by atoms with van der Waals surface area (Å²) in [4.78, 5) is 33.6. The van der Waals surface area contributed by atoms with Crippen molar-refractivity contribution in [2.24, 2.45) is 0 Å². The summed E-state index contributed by atoms with van der Waals surface area (Å²) < 4.78 is 5.19. The largest absolute Gasteiger partial charge is 0.484 e. The second-order valence-corrected chi connectivity index (χ2v) is 6.20. The predicted molar refractivity (Wildman–Crippen MR) is 111 cm³/mol. The van der Waals surface area contributed by atoms with Crippen molar-refractivity contribution < 1.29 is 19.2 Å². The van der Waals surface area contributed by atoms with Gasteiger partial charge < -0.3 is 4.74 Å². The lowest BCUT2D eigenvalue weighted by Gasteiger charge is -2.10. The Hall–Kier alpha value is -3.50. The first-order valence-electron chi connectivity index (χ1n) is 8.05. The van der Waals surface area contributed by atoms with Gasteiger partial charge in [-0.05, 0) is 42.1 Å². The molecular weight excluding hydrogens is 420 g/mol. The molecule has 0 aromatic heterocycles. The molecule has 0 aliphatic heterocycles. The molecule has 0 fully saturated rings. The van der Waals surface area contributed by atoms with Crippen LogP contribution in [-0.4, -0.2) is 28.5 Å². The van der Waals surface area contributed by atoms with Gasteiger partial charge in [-0.25, -0.2) is 0 Å². The number of hydrogen-bond donors (Lipinski definition) is 3. The summed E-state index contributed by atoms with van der Waals surface area (Å²) in [6, 6.07) is 12.2. The lowest BCUT2D eigenvalue weighted by atomic mass is 10.2. The molecule has 2 aromatic rings. The number of carbonyl (C=O) groups excluding carboxylic acids is 2. The summed E-state index contributed by atoms with van der Waals surface area (Å²) in [5, 5.41) is 13.3. The highest BCUT2D eigenvalue weighted by Crippen LogP contribution is 2.17. The Morgan fingerprint density at radius 1 is 1.14 bits per heavy atom. The highest BCUT2D eigenvalue weighted by Gasteiger charge is 2.07. The summed E-state index contributed by atoms with van der Waals surface area (Å²) in [5.74, 6) is -0.809. The van der Waals surface area contributed by atoms with Gasteiger partial charge in [0.25, 0.3) is 11.6 Å². The van der Waals surface area contributed by atoms with E-state index in [-0.39, 0.29) is 23.2 Å². The number of amides is 2. The minimum absolute atomic E-state index is 0.0897. The van der Waals surface area contributed by atoms with E-state index in [0.717, 1.165) is 0 Å². The van der Waals surface area contributed by atoms with E-state index in [4.69, 9.17) is 28.6 Å². The maximum absolute atomic E-state index is 11.8. The summed E-state index contributed by atoms with van der Waals surface area (Å²) in [6.45, 7) is -0.367. The second-order valence-electron chi connectivity index (χ2n) is 5.39. The Bertz CT molecular complexity index is 950. The van der Waals surface area contributed by atoms with Crippen molar-refractivity contribution in [3.63, 3.8) is 0 Å². The van der Waals surface area contributed by atoms with Gasteiger partial charge in [-0.15, -0.1) is 0 Å². The topological polar surface area (TPSA) is 123 Å². The number of non-ortho nitro benzene ring substituents is 1. The molecule has 0 aliphatic rings. The molecule has 0 saturated heterocycles. The highest BCUT2D eigenvalue weighted by atomic mass is 35.5. The van der Waals surface area contributed by atoms with Crippen LogP contribution in [0.2, 0.25) is 5.02 Å². The third-order valence-corrected chi connectivity index (χ3v) is 3.84. The van der Waals surface area contributed by atoms with Crippen LogP contribution in [0.4, 0.5) is 5.69 Å². The predicted octanol–water partition coefficient (Wildman–Crippen LogP) is 2.36. The number of halogens is 1. The number of carbonyl (C=O) groups is 2. The van der Waals surface area contributed by atoms with Crippen molar-refractivity contribution in [1.82, 2.24) is 16.2 Å². The quantitative estimate of drug-likeness (QED) is 0.276. The van der Waals surface area contributed by atoms with E-state index in [9.17, 15) is 19.7 Å². The normalized spacial score (nSPS) is 10.2. The second kappa shape index (κ2) is 10.7. The Balaban J connectivity index is 1.71. The Morgan fingerprint density at radius 2 is 1.83 bits per heavy atom. The average Bonchev–Trinajstić information content (AvgIpc) is 2.70. The molecule has 2 amide bonds. The number of nitro groups is 1. The monoisotopic (exact) mass is 434 g/mol. The zero-order valence-electron chi connectivity index (χ0n) is 14.8. The number of hydrazine groups is 1. The Kier molecular flexibility index (Phi) is 8.07.